The van der Waals surface area contributed by atoms with E-state index in [2.05, 4.69) is 0 Å². The fourth-order valence-corrected chi connectivity index (χ4v) is 1.31. The van der Waals surface area contributed by atoms with Gasteiger partial charge < -0.3 is 4.74 Å². The van der Waals surface area contributed by atoms with Gasteiger partial charge in [-0.3, -0.25) is 4.89 Å². The number of aryl methyl sites for hydroxylation is 2. The van der Waals surface area contributed by atoms with Crippen molar-refractivity contribution in [2.45, 2.75) is 39.7 Å². The molecule has 105 valence electrons. The Kier molecular flexibility index (Phi) is 5.51. The van der Waals surface area contributed by atoms with E-state index in [1.165, 1.54) is 6.61 Å². The average molecular weight is 265 g/mol. The molecule has 0 amide bonds. The molecule has 0 N–H and O–H groups in total. The third kappa shape index (κ3) is 5.01. The van der Waals surface area contributed by atoms with E-state index in [9.17, 15) is 4.79 Å². The molecule has 1 rings (SSSR count). The summed E-state index contributed by atoms with van der Waals surface area (Å²) in [5, 5.41) is 0. The van der Waals surface area contributed by atoms with Crippen LogP contribution in [-0.2, 0) is 14.5 Å². The van der Waals surface area contributed by atoms with Crippen LogP contribution in [-0.4, -0.2) is 18.7 Å². The number of rotatable bonds is 6. The summed E-state index contributed by atoms with van der Waals surface area (Å²) >= 11 is 0. The van der Waals surface area contributed by atoms with Crippen molar-refractivity contribution in [1.82, 2.24) is 0 Å². The molecule has 0 saturated carbocycles. The second kappa shape index (κ2) is 6.68. The maximum atomic E-state index is 11.7. The number of carbonyl (C=O) groups excluding carboxylic acids is 1. The Morgan fingerprint density at radius 1 is 1.26 bits per heavy atom. The fraction of sp³-hybridized carbons (Fsp3) is 0.467. The number of benzene rings is 1. The topological polar surface area (TPSA) is 44.8 Å². The van der Waals surface area contributed by atoms with Gasteiger partial charge in [-0.15, -0.1) is 0 Å². The number of carbonyl (C=O) groups is 1. The molecule has 0 aromatic heterocycles. The third-order valence-corrected chi connectivity index (χ3v) is 3.06. The smallest absolute Gasteiger partial charge is 0.373 e. The van der Waals surface area contributed by atoms with E-state index in [0.29, 0.717) is 12.0 Å². The van der Waals surface area contributed by atoms with E-state index >= 15 is 0 Å². The van der Waals surface area contributed by atoms with E-state index < -0.39 is 5.97 Å². The highest BCUT2D eigenvalue weighted by atomic mass is 17.2. The molecule has 0 aliphatic carbocycles. The highest BCUT2D eigenvalue weighted by Gasteiger charge is 2.17. The van der Waals surface area contributed by atoms with Gasteiger partial charge in [0.25, 0.3) is 0 Å². The van der Waals surface area contributed by atoms with Gasteiger partial charge in [-0.25, -0.2) is 4.79 Å². The highest BCUT2D eigenvalue weighted by molar-refractivity contribution is 5.89. The first-order valence-corrected chi connectivity index (χ1v) is 6.17. The van der Waals surface area contributed by atoms with Crippen LogP contribution in [0.2, 0.25) is 0 Å². The Morgan fingerprint density at radius 2 is 1.95 bits per heavy atom. The first-order chi connectivity index (χ1) is 8.85. The van der Waals surface area contributed by atoms with Crippen LogP contribution < -0.4 is 0 Å². The molecular weight excluding hydrogens is 244 g/mol. The molecule has 0 bridgehead atoms. The van der Waals surface area contributed by atoms with Crippen LogP contribution in [0, 0.1) is 20.5 Å². The number of hydrogen-bond donors (Lipinski definition) is 0. The van der Waals surface area contributed by atoms with Gasteiger partial charge in [0.05, 0.1) is 11.2 Å². The molecule has 4 nitrogen and oxygen atoms in total. The van der Waals surface area contributed by atoms with E-state index in [1.54, 1.807) is 19.2 Å². The van der Waals surface area contributed by atoms with Crippen LogP contribution in [0.5, 0.6) is 0 Å². The lowest BCUT2D eigenvalue weighted by molar-refractivity contribution is -0.218. The van der Waals surface area contributed by atoms with Gasteiger partial charge in [-0.2, -0.15) is 4.89 Å². The highest BCUT2D eigenvalue weighted by Crippen LogP contribution is 2.16. The summed E-state index contributed by atoms with van der Waals surface area (Å²) in [7, 11) is 1.62. The molecule has 0 heterocycles. The van der Waals surface area contributed by atoms with Gasteiger partial charge in [0.1, 0.15) is 6.61 Å². The van der Waals surface area contributed by atoms with Gasteiger partial charge in [-0.1, -0.05) is 6.07 Å². The summed E-state index contributed by atoms with van der Waals surface area (Å²) in [5.41, 5.74) is 2.31. The van der Waals surface area contributed by atoms with Crippen molar-refractivity contribution in [2.75, 3.05) is 7.11 Å². The molecule has 0 aliphatic rings. The molecule has 0 aliphatic heterocycles. The Labute approximate surface area is 114 Å². The minimum Gasteiger partial charge on any atom is -0.379 e. The Balaban J connectivity index is 2.41. The van der Waals surface area contributed by atoms with Crippen LogP contribution >= 0.6 is 0 Å². The Morgan fingerprint density at radius 3 is 2.53 bits per heavy atom. The monoisotopic (exact) mass is 265 g/mol. The molecule has 1 aromatic rings. The minimum atomic E-state index is -0.505. The SMILES string of the molecule is COC(C)(C)C[CH]OOC(=O)c1ccc(C)c(C)c1. The lowest BCUT2D eigenvalue weighted by Gasteiger charge is -2.21. The van der Waals surface area contributed by atoms with Crippen molar-refractivity contribution in [2.24, 2.45) is 0 Å². The third-order valence-electron chi connectivity index (χ3n) is 3.06. The molecule has 1 aromatic carbocycles. The van der Waals surface area contributed by atoms with E-state index in [4.69, 9.17) is 14.5 Å². The first-order valence-electron chi connectivity index (χ1n) is 6.17. The zero-order valence-electron chi connectivity index (χ0n) is 12.1. The summed E-state index contributed by atoms with van der Waals surface area (Å²) in [6, 6.07) is 5.37. The molecule has 1 radical (unpaired) electrons. The predicted octanol–water partition coefficient (Wildman–Crippen LogP) is 3.37. The van der Waals surface area contributed by atoms with Crippen molar-refractivity contribution in [3.63, 3.8) is 0 Å². The number of methoxy groups -OCH3 is 1. The second-order valence-corrected chi connectivity index (χ2v) is 5.10. The van der Waals surface area contributed by atoms with Gasteiger partial charge in [0.15, 0.2) is 0 Å². The molecule has 19 heavy (non-hydrogen) atoms. The summed E-state index contributed by atoms with van der Waals surface area (Å²) in [5.74, 6) is -0.505. The van der Waals surface area contributed by atoms with Crippen LogP contribution in [0.25, 0.3) is 0 Å². The van der Waals surface area contributed by atoms with E-state index in [-0.39, 0.29) is 5.60 Å². The van der Waals surface area contributed by atoms with Crippen LogP contribution in [0.3, 0.4) is 0 Å². The molecule has 0 atom stereocenters. The lowest BCUT2D eigenvalue weighted by Crippen LogP contribution is -2.22. The predicted molar refractivity (Wildman–Crippen MR) is 72.4 cm³/mol. The standard InChI is InChI=1S/C15H21O4/c1-11-6-7-13(10-12(11)2)14(16)19-18-9-8-15(3,4)17-5/h6-7,9-10H,8H2,1-5H3. The maximum absolute atomic E-state index is 11.7. The van der Waals surface area contributed by atoms with Crippen LogP contribution in [0.4, 0.5) is 0 Å². The number of hydrogen-bond acceptors (Lipinski definition) is 4. The summed E-state index contributed by atoms with van der Waals surface area (Å²) in [4.78, 5) is 21.2. The van der Waals surface area contributed by atoms with Crippen LogP contribution in [0.1, 0.15) is 41.8 Å². The summed E-state index contributed by atoms with van der Waals surface area (Å²) < 4.78 is 5.21. The van der Waals surface area contributed by atoms with Gasteiger partial charge in [-0.05, 0) is 51.0 Å². The van der Waals surface area contributed by atoms with Gasteiger partial charge >= 0.3 is 5.97 Å². The van der Waals surface area contributed by atoms with Crippen molar-refractivity contribution < 1.29 is 19.3 Å². The lowest BCUT2D eigenvalue weighted by atomic mass is 10.1. The zero-order chi connectivity index (χ0) is 14.5. The van der Waals surface area contributed by atoms with E-state index in [1.807, 2.05) is 33.8 Å². The quantitative estimate of drug-likeness (QED) is 0.449. The number of ether oxygens (including phenoxy) is 1. The van der Waals surface area contributed by atoms with Crippen molar-refractivity contribution in [3.05, 3.63) is 41.5 Å². The normalized spacial score (nSPS) is 11.4. The van der Waals surface area contributed by atoms with Gasteiger partial charge in [0, 0.05) is 13.5 Å². The molecule has 0 unspecified atom stereocenters. The van der Waals surface area contributed by atoms with Crippen LogP contribution in [0.15, 0.2) is 18.2 Å². The Bertz CT molecular complexity index is 438. The van der Waals surface area contributed by atoms with Crippen molar-refractivity contribution in [1.29, 1.82) is 0 Å². The molecule has 0 saturated heterocycles. The summed E-state index contributed by atoms with van der Waals surface area (Å²) in [6.07, 6.45) is 0.518. The Hall–Kier alpha value is -1.39. The second-order valence-electron chi connectivity index (χ2n) is 5.10. The maximum Gasteiger partial charge on any atom is 0.373 e. The molecule has 4 heteroatoms. The molecule has 0 spiro atoms. The first kappa shape index (κ1) is 15.7. The van der Waals surface area contributed by atoms with Crippen molar-refractivity contribution >= 4 is 5.97 Å². The zero-order valence-corrected chi connectivity index (χ0v) is 12.1. The fourth-order valence-electron chi connectivity index (χ4n) is 1.31. The van der Waals surface area contributed by atoms with E-state index in [0.717, 1.165) is 11.1 Å². The van der Waals surface area contributed by atoms with Gasteiger partial charge in [0.2, 0.25) is 0 Å². The van der Waals surface area contributed by atoms with Crippen molar-refractivity contribution in [3.8, 4) is 0 Å². The minimum absolute atomic E-state index is 0.340. The molecule has 0 fully saturated rings. The molecular formula is C15H21O4. The largest absolute Gasteiger partial charge is 0.379 e. The summed E-state index contributed by atoms with van der Waals surface area (Å²) in [6.45, 7) is 9.18. The average Bonchev–Trinajstić information content (AvgIpc) is 2.37.